The van der Waals surface area contributed by atoms with Gasteiger partial charge in [0.05, 0.1) is 20.7 Å². The van der Waals surface area contributed by atoms with Crippen LogP contribution in [0.5, 0.6) is 0 Å². The van der Waals surface area contributed by atoms with Gasteiger partial charge >= 0.3 is 0 Å². The normalized spacial score (nSPS) is 16.0. The van der Waals surface area contributed by atoms with Gasteiger partial charge in [-0.1, -0.05) is 41.4 Å². The molecule has 1 fully saturated rings. The van der Waals surface area contributed by atoms with Crippen LogP contribution in [0.1, 0.15) is 6.42 Å². The average Bonchev–Trinajstić information content (AvgIpc) is 2.65. The number of hydrogen-bond acceptors (Lipinski definition) is 4. The lowest BCUT2D eigenvalue weighted by Gasteiger charge is -2.36. The predicted octanol–water partition coefficient (Wildman–Crippen LogP) is 3.98. The number of piperazine rings is 1. The first kappa shape index (κ1) is 19.5. The Labute approximate surface area is 165 Å². The van der Waals surface area contributed by atoms with Gasteiger partial charge in [0.25, 0.3) is 0 Å². The van der Waals surface area contributed by atoms with Gasteiger partial charge in [0.2, 0.25) is 0 Å². The van der Waals surface area contributed by atoms with Crippen molar-refractivity contribution in [3.63, 3.8) is 0 Å². The van der Waals surface area contributed by atoms with Crippen LogP contribution < -0.4 is 4.90 Å². The molecular formula is C19H22Cl2N2O2S. The van der Waals surface area contributed by atoms with E-state index >= 15 is 0 Å². The fraction of sp³-hybridized carbons (Fsp3) is 0.368. The maximum absolute atomic E-state index is 12.3. The van der Waals surface area contributed by atoms with Crippen LogP contribution in [0.3, 0.4) is 0 Å². The number of halogens is 2. The van der Waals surface area contributed by atoms with Crippen molar-refractivity contribution >= 4 is 38.7 Å². The highest BCUT2D eigenvalue weighted by atomic mass is 35.5. The van der Waals surface area contributed by atoms with Crippen LogP contribution >= 0.6 is 23.2 Å². The molecule has 140 valence electrons. The Kier molecular flexibility index (Phi) is 6.46. The van der Waals surface area contributed by atoms with Crippen molar-refractivity contribution in [3.05, 3.63) is 58.6 Å². The molecule has 4 nitrogen and oxygen atoms in total. The van der Waals surface area contributed by atoms with Crippen molar-refractivity contribution in [2.24, 2.45) is 0 Å². The molecule has 1 aliphatic rings. The topological polar surface area (TPSA) is 40.6 Å². The van der Waals surface area contributed by atoms with Gasteiger partial charge in [-0.25, -0.2) is 8.42 Å². The first-order valence-corrected chi connectivity index (χ1v) is 11.1. The van der Waals surface area contributed by atoms with Crippen molar-refractivity contribution < 1.29 is 8.42 Å². The molecule has 2 aromatic rings. The second-order valence-corrected chi connectivity index (χ2v) is 9.34. The maximum atomic E-state index is 12.3. The molecule has 0 radical (unpaired) electrons. The summed E-state index contributed by atoms with van der Waals surface area (Å²) in [5.74, 6) is 0.185. The van der Waals surface area contributed by atoms with Crippen LogP contribution in [-0.2, 0) is 9.84 Å². The van der Waals surface area contributed by atoms with Gasteiger partial charge in [0, 0.05) is 31.9 Å². The summed E-state index contributed by atoms with van der Waals surface area (Å²) < 4.78 is 24.6. The third-order valence-corrected chi connectivity index (χ3v) is 7.19. The van der Waals surface area contributed by atoms with E-state index in [4.69, 9.17) is 23.2 Å². The lowest BCUT2D eigenvalue weighted by molar-refractivity contribution is 0.259. The monoisotopic (exact) mass is 412 g/mol. The summed E-state index contributed by atoms with van der Waals surface area (Å²) in [6.45, 7) is 4.39. The molecule has 26 heavy (non-hydrogen) atoms. The number of anilines is 1. The van der Waals surface area contributed by atoms with Gasteiger partial charge in [0.15, 0.2) is 9.84 Å². The Morgan fingerprint density at radius 1 is 0.885 bits per heavy atom. The average molecular weight is 413 g/mol. The Balaban J connectivity index is 1.46. The van der Waals surface area contributed by atoms with Crippen molar-refractivity contribution in [3.8, 4) is 0 Å². The van der Waals surface area contributed by atoms with Crippen LogP contribution in [0.4, 0.5) is 5.69 Å². The lowest BCUT2D eigenvalue weighted by Crippen LogP contribution is -2.46. The van der Waals surface area contributed by atoms with Crippen molar-refractivity contribution in [2.45, 2.75) is 11.3 Å². The van der Waals surface area contributed by atoms with Crippen LogP contribution in [0.2, 0.25) is 10.0 Å². The Morgan fingerprint density at radius 2 is 1.58 bits per heavy atom. The van der Waals surface area contributed by atoms with Gasteiger partial charge in [-0.2, -0.15) is 0 Å². The quantitative estimate of drug-likeness (QED) is 0.719. The summed E-state index contributed by atoms with van der Waals surface area (Å²) in [7, 11) is -3.19. The number of nitrogens with zero attached hydrogens (tertiary/aromatic N) is 2. The fourth-order valence-electron chi connectivity index (χ4n) is 3.14. The molecule has 0 aromatic heterocycles. The minimum absolute atomic E-state index is 0.185. The Bertz CT molecular complexity index is 836. The SMILES string of the molecule is O=S(=O)(CCCN1CCN(c2ccc(Cl)c(Cl)c2)CC1)c1ccccc1. The molecule has 1 saturated heterocycles. The summed E-state index contributed by atoms with van der Waals surface area (Å²) in [4.78, 5) is 5.00. The molecule has 3 rings (SSSR count). The van der Waals surface area contributed by atoms with E-state index in [0.29, 0.717) is 21.4 Å². The molecule has 0 bridgehead atoms. The minimum Gasteiger partial charge on any atom is -0.369 e. The molecule has 0 saturated carbocycles. The fourth-order valence-corrected chi connectivity index (χ4v) is 4.74. The first-order chi connectivity index (χ1) is 12.5. The molecule has 0 spiro atoms. The smallest absolute Gasteiger partial charge is 0.178 e. The highest BCUT2D eigenvalue weighted by Crippen LogP contribution is 2.27. The molecule has 0 aliphatic carbocycles. The van der Waals surface area contributed by atoms with E-state index < -0.39 is 9.84 Å². The lowest BCUT2D eigenvalue weighted by atomic mass is 10.2. The summed E-state index contributed by atoms with van der Waals surface area (Å²) in [6, 6.07) is 14.4. The van der Waals surface area contributed by atoms with Gasteiger partial charge in [-0.05, 0) is 43.3 Å². The van der Waals surface area contributed by atoms with E-state index in [9.17, 15) is 8.42 Å². The van der Waals surface area contributed by atoms with E-state index in [2.05, 4.69) is 9.80 Å². The van der Waals surface area contributed by atoms with Crippen LogP contribution in [-0.4, -0.2) is 51.8 Å². The second kappa shape index (κ2) is 8.61. The molecule has 2 aromatic carbocycles. The molecule has 0 amide bonds. The molecule has 1 heterocycles. The van der Waals surface area contributed by atoms with Crippen molar-refractivity contribution in [2.75, 3.05) is 43.4 Å². The Morgan fingerprint density at radius 3 is 2.23 bits per heavy atom. The predicted molar refractivity (Wildman–Crippen MR) is 108 cm³/mol. The number of rotatable bonds is 6. The van der Waals surface area contributed by atoms with Crippen LogP contribution in [0.15, 0.2) is 53.4 Å². The number of benzene rings is 2. The summed E-state index contributed by atoms with van der Waals surface area (Å²) in [5, 5.41) is 1.13. The third-order valence-electron chi connectivity index (χ3n) is 4.63. The molecular weight excluding hydrogens is 391 g/mol. The third kappa shape index (κ3) is 4.92. The van der Waals surface area contributed by atoms with E-state index in [0.717, 1.165) is 38.4 Å². The van der Waals surface area contributed by atoms with Crippen LogP contribution in [0.25, 0.3) is 0 Å². The number of sulfone groups is 1. The molecule has 0 unspecified atom stereocenters. The zero-order valence-electron chi connectivity index (χ0n) is 14.4. The van der Waals surface area contributed by atoms with Gasteiger partial charge in [0.1, 0.15) is 0 Å². The van der Waals surface area contributed by atoms with E-state index in [1.54, 1.807) is 24.3 Å². The van der Waals surface area contributed by atoms with E-state index in [-0.39, 0.29) is 5.75 Å². The summed E-state index contributed by atoms with van der Waals surface area (Å²) in [6.07, 6.45) is 0.643. The number of hydrogen-bond donors (Lipinski definition) is 0. The largest absolute Gasteiger partial charge is 0.369 e. The summed E-state index contributed by atoms with van der Waals surface area (Å²) in [5.41, 5.74) is 1.07. The zero-order chi connectivity index (χ0) is 18.6. The highest BCUT2D eigenvalue weighted by molar-refractivity contribution is 7.91. The molecule has 1 aliphatic heterocycles. The van der Waals surface area contributed by atoms with E-state index in [1.807, 2.05) is 24.3 Å². The van der Waals surface area contributed by atoms with Gasteiger partial charge in [-0.15, -0.1) is 0 Å². The second-order valence-electron chi connectivity index (χ2n) is 6.41. The van der Waals surface area contributed by atoms with Crippen LogP contribution in [0, 0.1) is 0 Å². The van der Waals surface area contributed by atoms with Gasteiger partial charge in [-0.3, -0.25) is 4.90 Å². The van der Waals surface area contributed by atoms with Gasteiger partial charge < -0.3 is 4.90 Å². The minimum atomic E-state index is -3.19. The molecule has 0 atom stereocenters. The standard InChI is InChI=1S/C19H22Cl2N2O2S/c20-18-8-7-16(15-19(18)21)23-12-10-22(11-13-23)9-4-14-26(24,25)17-5-2-1-3-6-17/h1-3,5-8,15H,4,9-14H2. The highest BCUT2D eigenvalue weighted by Gasteiger charge is 2.19. The van der Waals surface area contributed by atoms with Crippen molar-refractivity contribution in [1.29, 1.82) is 0 Å². The maximum Gasteiger partial charge on any atom is 0.178 e. The summed E-state index contributed by atoms with van der Waals surface area (Å²) >= 11 is 12.1. The van der Waals surface area contributed by atoms with E-state index in [1.165, 1.54) is 0 Å². The molecule has 0 N–H and O–H groups in total. The Hall–Kier alpha value is -1.27. The van der Waals surface area contributed by atoms with Crippen molar-refractivity contribution in [1.82, 2.24) is 4.90 Å². The first-order valence-electron chi connectivity index (χ1n) is 8.66. The molecule has 7 heteroatoms. The zero-order valence-corrected chi connectivity index (χ0v) is 16.8.